The van der Waals surface area contributed by atoms with Gasteiger partial charge in [0.25, 0.3) is 11.8 Å². The van der Waals surface area contributed by atoms with Crippen molar-refractivity contribution >= 4 is 23.4 Å². The summed E-state index contributed by atoms with van der Waals surface area (Å²) in [5, 5.41) is 33.6. The molecule has 12 heteroatoms. The number of aromatic nitrogens is 5. The Bertz CT molecular complexity index is 1480. The van der Waals surface area contributed by atoms with Gasteiger partial charge in [-0.25, -0.2) is 15.0 Å². The summed E-state index contributed by atoms with van der Waals surface area (Å²) >= 11 is 0. The van der Waals surface area contributed by atoms with Gasteiger partial charge in [0.1, 0.15) is 11.4 Å². The van der Waals surface area contributed by atoms with Crippen LogP contribution in [-0.4, -0.2) is 47.8 Å². The molecular formula is C26H28N8O4. The zero-order chi connectivity index (χ0) is 27.1. The first kappa shape index (κ1) is 25.2. The molecule has 5 N–H and O–H groups in total. The summed E-state index contributed by atoms with van der Waals surface area (Å²) < 4.78 is 5.43. The van der Waals surface area contributed by atoms with Crippen LogP contribution >= 0.6 is 0 Å². The van der Waals surface area contributed by atoms with E-state index in [-0.39, 0.29) is 30.2 Å². The van der Waals surface area contributed by atoms with Crippen LogP contribution in [0.25, 0.3) is 11.5 Å². The second-order valence-corrected chi connectivity index (χ2v) is 10.0. The van der Waals surface area contributed by atoms with Crippen LogP contribution in [0.5, 0.6) is 0 Å². The van der Waals surface area contributed by atoms with Gasteiger partial charge in [-0.05, 0) is 33.3 Å². The lowest BCUT2D eigenvalue weighted by Crippen LogP contribution is -2.33. The van der Waals surface area contributed by atoms with Crippen LogP contribution in [0.2, 0.25) is 0 Å². The van der Waals surface area contributed by atoms with Gasteiger partial charge in [0, 0.05) is 18.5 Å². The Kier molecular flexibility index (Phi) is 6.29. The second kappa shape index (κ2) is 9.47. The molecule has 4 heterocycles. The summed E-state index contributed by atoms with van der Waals surface area (Å²) in [5.74, 6) is 0.724. The highest BCUT2D eigenvalue weighted by Gasteiger charge is 2.37. The topological polar surface area (TPSA) is 171 Å². The highest BCUT2D eigenvalue weighted by molar-refractivity contribution is 5.99. The van der Waals surface area contributed by atoms with Gasteiger partial charge in [0.2, 0.25) is 11.8 Å². The highest BCUT2D eigenvalue weighted by Crippen LogP contribution is 2.34. The van der Waals surface area contributed by atoms with Crippen LogP contribution in [0.3, 0.4) is 0 Å². The number of fused-ring (bicyclic) bond motifs is 1. The van der Waals surface area contributed by atoms with Crippen molar-refractivity contribution in [3.05, 3.63) is 71.4 Å². The largest absolute Gasteiger partial charge is 0.394 e. The van der Waals surface area contributed by atoms with Crippen molar-refractivity contribution in [1.29, 1.82) is 0 Å². The third kappa shape index (κ3) is 4.91. The van der Waals surface area contributed by atoms with Gasteiger partial charge in [-0.3, -0.25) is 4.79 Å². The number of aliphatic hydroxyl groups is 2. The molecule has 196 valence electrons. The summed E-state index contributed by atoms with van der Waals surface area (Å²) in [4.78, 5) is 29.8. The maximum Gasteiger partial charge on any atom is 0.261 e. The molecule has 0 spiro atoms. The van der Waals surface area contributed by atoms with Crippen molar-refractivity contribution in [2.45, 2.75) is 44.9 Å². The van der Waals surface area contributed by atoms with E-state index in [2.05, 4.69) is 41.0 Å². The third-order valence-corrected chi connectivity index (χ3v) is 6.11. The van der Waals surface area contributed by atoms with E-state index in [9.17, 15) is 15.0 Å². The number of hydrogen-bond donors (Lipinski definition) is 5. The van der Waals surface area contributed by atoms with Gasteiger partial charge in [-0.1, -0.05) is 35.5 Å². The fraction of sp³-hybridized carbons (Fsp3) is 0.308. The van der Waals surface area contributed by atoms with E-state index >= 15 is 0 Å². The van der Waals surface area contributed by atoms with E-state index in [1.165, 1.54) is 12.4 Å². The van der Waals surface area contributed by atoms with Crippen molar-refractivity contribution in [1.82, 2.24) is 30.4 Å². The number of carbonyl (C=O) groups excluding carboxylic acids is 1. The van der Waals surface area contributed by atoms with Gasteiger partial charge >= 0.3 is 0 Å². The molecule has 5 rings (SSSR count). The van der Waals surface area contributed by atoms with Crippen molar-refractivity contribution in [3.63, 3.8) is 0 Å². The molecule has 0 saturated carbocycles. The van der Waals surface area contributed by atoms with Crippen molar-refractivity contribution in [3.8, 4) is 11.5 Å². The third-order valence-electron chi connectivity index (χ3n) is 6.11. The molecule has 0 fully saturated rings. The minimum atomic E-state index is -1.29. The number of pyridine rings is 1. The molecule has 1 aromatic carbocycles. The smallest absolute Gasteiger partial charge is 0.261 e. The molecule has 1 aliphatic heterocycles. The van der Waals surface area contributed by atoms with Crippen LogP contribution in [0.1, 0.15) is 61.2 Å². The Hall–Kier alpha value is -4.42. The monoisotopic (exact) mass is 516 g/mol. The zero-order valence-electron chi connectivity index (χ0n) is 21.4. The van der Waals surface area contributed by atoms with Crippen LogP contribution in [-0.2, 0) is 11.1 Å². The molecule has 0 unspecified atom stereocenters. The lowest BCUT2D eigenvalue weighted by molar-refractivity contribution is 0.0661. The maximum absolute atomic E-state index is 12.2. The summed E-state index contributed by atoms with van der Waals surface area (Å²) in [6.07, 6.45) is 3.02. The van der Waals surface area contributed by atoms with Crippen LogP contribution in [0.15, 0.2) is 53.3 Å². The average molecular weight is 517 g/mol. The lowest BCUT2D eigenvalue weighted by atomic mass is 10.0. The number of carbonyl (C=O) groups is 1. The van der Waals surface area contributed by atoms with Crippen LogP contribution in [0, 0.1) is 0 Å². The first-order chi connectivity index (χ1) is 18.0. The molecule has 12 nitrogen and oxygen atoms in total. The molecular weight excluding hydrogens is 488 g/mol. The van der Waals surface area contributed by atoms with E-state index in [4.69, 9.17) is 4.52 Å². The van der Waals surface area contributed by atoms with Crippen molar-refractivity contribution < 1.29 is 19.5 Å². The standard InChI is InChI=1S/C26H28N8O4/c1-25(2)20-16(21(36)33-25)12-28-24(31-20)30-19-10-17(29-18(13-35)14-8-6-5-7-9-14)15(11-27-19)22-32-23(34-38-22)26(3,4)37/h5-12,18,35,37H,13H2,1-4H3,(H,33,36)(H2,27,28,29,30,31)/t18-/m1/s1. The second-order valence-electron chi connectivity index (χ2n) is 10.0. The highest BCUT2D eigenvalue weighted by atomic mass is 16.5. The lowest BCUT2D eigenvalue weighted by Gasteiger charge is -2.20. The Labute approximate surface area is 218 Å². The first-order valence-electron chi connectivity index (χ1n) is 12.0. The number of nitrogens with one attached hydrogen (secondary N) is 3. The number of anilines is 3. The Morgan fingerprint density at radius 2 is 1.84 bits per heavy atom. The summed E-state index contributed by atoms with van der Waals surface area (Å²) in [7, 11) is 0. The predicted octanol–water partition coefficient (Wildman–Crippen LogP) is 3.02. The summed E-state index contributed by atoms with van der Waals surface area (Å²) in [5.41, 5.74) is 0.973. The molecule has 0 aliphatic carbocycles. The summed E-state index contributed by atoms with van der Waals surface area (Å²) in [6.45, 7) is 6.67. The van der Waals surface area contributed by atoms with Crippen molar-refractivity contribution in [2.24, 2.45) is 0 Å². The van der Waals surface area contributed by atoms with Gasteiger partial charge in [-0.2, -0.15) is 4.98 Å². The van der Waals surface area contributed by atoms with E-state index < -0.39 is 17.2 Å². The SMILES string of the molecule is CC(C)(O)c1noc(-c2cnc(Nc3ncc4c(n3)C(C)(C)NC4=O)cc2N[C@H](CO)c2ccccc2)n1. The van der Waals surface area contributed by atoms with Gasteiger partial charge in [0.15, 0.2) is 0 Å². The number of benzene rings is 1. The summed E-state index contributed by atoms with van der Waals surface area (Å²) in [6, 6.07) is 10.7. The maximum atomic E-state index is 12.2. The molecule has 3 aromatic heterocycles. The molecule has 1 aliphatic rings. The van der Waals surface area contributed by atoms with Gasteiger partial charge in [0.05, 0.1) is 40.7 Å². The minimum Gasteiger partial charge on any atom is -0.394 e. The van der Waals surface area contributed by atoms with Crippen LogP contribution < -0.4 is 16.0 Å². The minimum absolute atomic E-state index is 0.125. The van der Waals surface area contributed by atoms with Gasteiger partial charge in [-0.15, -0.1) is 0 Å². The number of rotatable bonds is 8. The molecule has 4 aromatic rings. The van der Waals surface area contributed by atoms with E-state index in [1.54, 1.807) is 19.9 Å². The average Bonchev–Trinajstić information content (AvgIpc) is 3.46. The van der Waals surface area contributed by atoms with E-state index in [1.807, 2.05) is 44.2 Å². The normalized spacial score (nSPS) is 15.1. The number of nitrogens with zero attached hydrogens (tertiary/aromatic N) is 5. The number of hydrogen-bond acceptors (Lipinski definition) is 11. The fourth-order valence-electron chi connectivity index (χ4n) is 4.11. The molecule has 0 radical (unpaired) electrons. The molecule has 38 heavy (non-hydrogen) atoms. The quantitative estimate of drug-likeness (QED) is 0.233. The number of aliphatic hydroxyl groups excluding tert-OH is 1. The molecule has 0 saturated heterocycles. The van der Waals surface area contributed by atoms with E-state index in [0.717, 1.165) is 5.56 Å². The molecule has 1 amide bonds. The number of amides is 1. The Morgan fingerprint density at radius 3 is 2.53 bits per heavy atom. The fourth-order valence-corrected chi connectivity index (χ4v) is 4.11. The Morgan fingerprint density at radius 1 is 1.11 bits per heavy atom. The Balaban J connectivity index is 1.52. The molecule has 1 atom stereocenters. The van der Waals surface area contributed by atoms with E-state index in [0.29, 0.717) is 28.3 Å². The van der Waals surface area contributed by atoms with Crippen molar-refractivity contribution in [2.75, 3.05) is 17.2 Å². The zero-order valence-corrected chi connectivity index (χ0v) is 21.4. The first-order valence-corrected chi connectivity index (χ1v) is 12.0. The molecule has 0 bridgehead atoms. The van der Waals surface area contributed by atoms with Crippen LogP contribution in [0.4, 0.5) is 17.5 Å². The predicted molar refractivity (Wildman–Crippen MR) is 138 cm³/mol. The van der Waals surface area contributed by atoms with Gasteiger partial charge < -0.3 is 30.7 Å².